The topological polar surface area (TPSA) is 42.2 Å². The van der Waals surface area contributed by atoms with Crippen LogP contribution in [0, 0.1) is 26.7 Å². The lowest BCUT2D eigenvalue weighted by Crippen LogP contribution is -2.37. The van der Waals surface area contributed by atoms with Gasteiger partial charge in [-0.1, -0.05) is 6.92 Å². The maximum atomic E-state index is 12.3. The summed E-state index contributed by atoms with van der Waals surface area (Å²) in [5.74, 6) is 2.40. The molecule has 1 amide bonds. The van der Waals surface area contributed by atoms with E-state index in [9.17, 15) is 4.79 Å². The highest BCUT2D eigenvalue weighted by Gasteiger charge is 2.23. The van der Waals surface area contributed by atoms with E-state index in [2.05, 4.69) is 12.2 Å². The van der Waals surface area contributed by atoms with Crippen LogP contribution >= 0.6 is 0 Å². The van der Waals surface area contributed by atoms with Crippen molar-refractivity contribution in [2.75, 3.05) is 0 Å². The zero-order chi connectivity index (χ0) is 13.3. The Labute approximate surface area is 109 Å². The Bertz CT molecular complexity index is 440. The zero-order valence-electron chi connectivity index (χ0n) is 11.8. The van der Waals surface area contributed by atoms with Crippen LogP contribution in [0.5, 0.6) is 0 Å². The molecule has 0 unspecified atom stereocenters. The van der Waals surface area contributed by atoms with Crippen LogP contribution in [0.25, 0.3) is 0 Å². The van der Waals surface area contributed by atoms with Crippen LogP contribution in [0.3, 0.4) is 0 Å². The zero-order valence-corrected chi connectivity index (χ0v) is 11.8. The molecule has 1 aliphatic rings. The van der Waals surface area contributed by atoms with Crippen molar-refractivity contribution in [1.82, 2.24) is 5.32 Å². The van der Waals surface area contributed by atoms with E-state index in [4.69, 9.17) is 4.42 Å². The fourth-order valence-electron chi connectivity index (χ4n) is 2.79. The average molecular weight is 249 g/mol. The second-order valence-electron chi connectivity index (χ2n) is 5.64. The van der Waals surface area contributed by atoms with Gasteiger partial charge < -0.3 is 9.73 Å². The fourth-order valence-corrected chi connectivity index (χ4v) is 2.79. The van der Waals surface area contributed by atoms with E-state index in [1.807, 2.05) is 20.8 Å². The number of rotatable bonds is 2. The minimum Gasteiger partial charge on any atom is -0.466 e. The molecule has 3 heteroatoms. The van der Waals surface area contributed by atoms with Crippen LogP contribution in [0.2, 0.25) is 0 Å². The lowest BCUT2D eigenvalue weighted by atomic mass is 9.87. The number of carbonyl (C=O) groups excluding carboxylic acids is 1. The van der Waals surface area contributed by atoms with Crippen molar-refractivity contribution in [3.63, 3.8) is 0 Å². The Morgan fingerprint density at radius 2 is 1.72 bits per heavy atom. The summed E-state index contributed by atoms with van der Waals surface area (Å²) in [6.45, 7) is 7.99. The smallest absolute Gasteiger partial charge is 0.255 e. The lowest BCUT2D eigenvalue weighted by Gasteiger charge is -2.26. The van der Waals surface area contributed by atoms with Gasteiger partial charge in [0.15, 0.2) is 0 Å². The Morgan fingerprint density at radius 1 is 1.11 bits per heavy atom. The first-order valence-corrected chi connectivity index (χ1v) is 6.86. The summed E-state index contributed by atoms with van der Waals surface area (Å²) in [5, 5.41) is 3.15. The molecular weight excluding hydrogens is 226 g/mol. The van der Waals surface area contributed by atoms with Gasteiger partial charge in [0.25, 0.3) is 5.91 Å². The average Bonchev–Trinajstić information content (AvgIpc) is 2.56. The minimum atomic E-state index is 0.0291. The molecular formula is C15H23NO2. The van der Waals surface area contributed by atoms with Gasteiger partial charge in [-0.15, -0.1) is 0 Å². The predicted molar refractivity (Wildman–Crippen MR) is 71.8 cm³/mol. The summed E-state index contributed by atoms with van der Waals surface area (Å²) < 4.78 is 5.51. The van der Waals surface area contributed by atoms with Gasteiger partial charge in [-0.2, -0.15) is 0 Å². The van der Waals surface area contributed by atoms with Gasteiger partial charge in [0.05, 0.1) is 5.56 Å². The maximum Gasteiger partial charge on any atom is 0.255 e. The van der Waals surface area contributed by atoms with E-state index in [0.29, 0.717) is 6.04 Å². The molecule has 0 aromatic carbocycles. The van der Waals surface area contributed by atoms with Crippen LogP contribution in [0.15, 0.2) is 4.42 Å². The number of nitrogens with one attached hydrogen (secondary N) is 1. The molecule has 1 aliphatic carbocycles. The van der Waals surface area contributed by atoms with Crippen LogP contribution in [0.1, 0.15) is 60.0 Å². The number of carbonyl (C=O) groups is 1. The van der Waals surface area contributed by atoms with Crippen molar-refractivity contribution < 1.29 is 9.21 Å². The van der Waals surface area contributed by atoms with E-state index < -0.39 is 0 Å². The molecule has 0 spiro atoms. The molecule has 1 N–H and O–H groups in total. The van der Waals surface area contributed by atoms with Gasteiger partial charge in [0.2, 0.25) is 0 Å². The van der Waals surface area contributed by atoms with Crippen molar-refractivity contribution in [3.05, 3.63) is 22.6 Å². The molecule has 0 bridgehead atoms. The molecule has 3 nitrogen and oxygen atoms in total. The lowest BCUT2D eigenvalue weighted by molar-refractivity contribution is 0.0921. The Balaban J connectivity index is 2.04. The summed E-state index contributed by atoms with van der Waals surface area (Å²) >= 11 is 0. The molecule has 0 atom stereocenters. The molecule has 1 aromatic heterocycles. The summed E-state index contributed by atoms with van der Waals surface area (Å²) in [4.78, 5) is 12.3. The van der Waals surface area contributed by atoms with Gasteiger partial charge in [-0.3, -0.25) is 4.79 Å². The number of furan rings is 1. The van der Waals surface area contributed by atoms with Gasteiger partial charge >= 0.3 is 0 Å². The van der Waals surface area contributed by atoms with E-state index in [1.54, 1.807) is 0 Å². The SMILES string of the molecule is Cc1oc(C)c(C(=O)NC2CCC(C)CC2)c1C. The third kappa shape index (κ3) is 2.60. The second kappa shape index (κ2) is 5.17. The molecule has 1 saturated carbocycles. The number of hydrogen-bond donors (Lipinski definition) is 1. The number of hydrogen-bond acceptors (Lipinski definition) is 2. The van der Waals surface area contributed by atoms with Gasteiger partial charge in [-0.25, -0.2) is 0 Å². The molecule has 1 heterocycles. The van der Waals surface area contributed by atoms with Crippen molar-refractivity contribution >= 4 is 5.91 Å². The number of aryl methyl sites for hydroxylation is 2. The molecule has 18 heavy (non-hydrogen) atoms. The molecule has 0 aliphatic heterocycles. The highest BCUT2D eigenvalue weighted by atomic mass is 16.3. The van der Waals surface area contributed by atoms with Crippen LogP contribution in [0.4, 0.5) is 0 Å². The van der Waals surface area contributed by atoms with Crippen LogP contribution in [-0.4, -0.2) is 11.9 Å². The molecule has 1 fully saturated rings. The largest absolute Gasteiger partial charge is 0.466 e. The van der Waals surface area contributed by atoms with Crippen molar-refractivity contribution in [2.24, 2.45) is 5.92 Å². The maximum absolute atomic E-state index is 12.3. The molecule has 1 aromatic rings. The third-order valence-corrected chi connectivity index (χ3v) is 4.14. The molecule has 2 rings (SSSR count). The predicted octanol–water partition coefficient (Wildman–Crippen LogP) is 3.51. The molecule has 0 radical (unpaired) electrons. The molecule has 100 valence electrons. The van der Waals surface area contributed by atoms with E-state index in [0.717, 1.165) is 41.4 Å². The third-order valence-electron chi connectivity index (χ3n) is 4.14. The van der Waals surface area contributed by atoms with Gasteiger partial charge in [-0.05, 0) is 52.4 Å². The highest BCUT2D eigenvalue weighted by Crippen LogP contribution is 2.25. The van der Waals surface area contributed by atoms with Crippen molar-refractivity contribution in [3.8, 4) is 0 Å². The Kier molecular flexibility index (Phi) is 3.79. The summed E-state index contributed by atoms with van der Waals surface area (Å²) in [7, 11) is 0. The highest BCUT2D eigenvalue weighted by molar-refractivity contribution is 5.97. The summed E-state index contributed by atoms with van der Waals surface area (Å²) in [6, 6.07) is 0.336. The first-order chi connectivity index (χ1) is 8.49. The molecule has 0 saturated heterocycles. The summed E-state index contributed by atoms with van der Waals surface area (Å²) in [6.07, 6.45) is 4.63. The second-order valence-corrected chi connectivity index (χ2v) is 5.64. The first-order valence-electron chi connectivity index (χ1n) is 6.86. The van der Waals surface area contributed by atoms with E-state index in [1.165, 1.54) is 12.8 Å². The van der Waals surface area contributed by atoms with Gasteiger partial charge in [0.1, 0.15) is 11.5 Å². The monoisotopic (exact) mass is 249 g/mol. The Morgan fingerprint density at radius 3 is 2.22 bits per heavy atom. The summed E-state index contributed by atoms with van der Waals surface area (Å²) in [5.41, 5.74) is 1.69. The minimum absolute atomic E-state index is 0.0291. The van der Waals surface area contributed by atoms with E-state index >= 15 is 0 Å². The Hall–Kier alpha value is -1.25. The van der Waals surface area contributed by atoms with Crippen molar-refractivity contribution in [1.29, 1.82) is 0 Å². The standard InChI is InChI=1S/C15H23NO2/c1-9-5-7-13(8-6-9)16-15(17)14-10(2)11(3)18-12(14)4/h9,13H,5-8H2,1-4H3,(H,16,17). The first kappa shape index (κ1) is 13.2. The number of amides is 1. The fraction of sp³-hybridized carbons (Fsp3) is 0.667. The van der Waals surface area contributed by atoms with Crippen molar-refractivity contribution in [2.45, 2.75) is 59.4 Å². The van der Waals surface area contributed by atoms with E-state index in [-0.39, 0.29) is 5.91 Å². The quantitative estimate of drug-likeness (QED) is 0.871. The van der Waals surface area contributed by atoms with Gasteiger partial charge in [0, 0.05) is 11.6 Å². The normalized spacial score (nSPS) is 24.0. The van der Waals surface area contributed by atoms with Crippen LogP contribution < -0.4 is 5.32 Å². The van der Waals surface area contributed by atoms with Crippen LogP contribution in [-0.2, 0) is 0 Å².